The third kappa shape index (κ3) is 3.46. The van der Waals surface area contributed by atoms with E-state index in [4.69, 9.17) is 11.6 Å². The average molecular weight is 432 g/mol. The van der Waals surface area contributed by atoms with Crippen molar-refractivity contribution in [1.82, 2.24) is 24.3 Å². The van der Waals surface area contributed by atoms with Gasteiger partial charge in [-0.3, -0.25) is 9.36 Å². The number of nitrogens with zero attached hydrogens (tertiary/aromatic N) is 5. The summed E-state index contributed by atoms with van der Waals surface area (Å²) in [6, 6.07) is 6.51. The van der Waals surface area contributed by atoms with Crippen LogP contribution in [0.25, 0.3) is 10.9 Å². The van der Waals surface area contributed by atoms with Crippen molar-refractivity contribution in [3.05, 3.63) is 88.0 Å². The van der Waals surface area contributed by atoms with Gasteiger partial charge in [0.15, 0.2) is 0 Å². The van der Waals surface area contributed by atoms with Crippen molar-refractivity contribution in [2.75, 3.05) is 0 Å². The summed E-state index contributed by atoms with van der Waals surface area (Å²) in [5, 5.41) is 16.3. The number of fused-ring (bicyclic) bond motifs is 1. The maximum Gasteiger partial charge on any atom is 0.261 e. The number of hydrogen-bond donors (Lipinski definition) is 1. The first kappa shape index (κ1) is 20.1. The number of aromatic nitrogens is 5. The summed E-state index contributed by atoms with van der Waals surface area (Å²) in [7, 11) is 0. The fraction of sp³-hybridized carbons (Fsp3) is 0.200. The molecule has 0 amide bonds. The van der Waals surface area contributed by atoms with Gasteiger partial charge in [0.25, 0.3) is 5.56 Å². The first-order valence-electron chi connectivity index (χ1n) is 8.96. The summed E-state index contributed by atoms with van der Waals surface area (Å²) >= 11 is 5.96. The Morgan fingerprint density at radius 1 is 1.20 bits per heavy atom. The quantitative estimate of drug-likeness (QED) is 0.525. The molecule has 7 nitrogen and oxygen atoms in total. The molecule has 10 heteroatoms. The Morgan fingerprint density at radius 3 is 2.70 bits per heavy atom. The Hall–Kier alpha value is -3.17. The van der Waals surface area contributed by atoms with Crippen molar-refractivity contribution in [3.8, 4) is 0 Å². The minimum Gasteiger partial charge on any atom is -0.381 e. The molecule has 2 atom stereocenters. The smallest absolute Gasteiger partial charge is 0.261 e. The van der Waals surface area contributed by atoms with E-state index in [0.29, 0.717) is 16.6 Å². The molecule has 154 valence electrons. The van der Waals surface area contributed by atoms with E-state index in [2.05, 4.69) is 15.1 Å². The van der Waals surface area contributed by atoms with Crippen molar-refractivity contribution < 1.29 is 13.9 Å². The Balaban J connectivity index is 1.88. The first-order chi connectivity index (χ1) is 14.3. The summed E-state index contributed by atoms with van der Waals surface area (Å²) in [6.07, 6.45) is 3.88. The number of rotatable bonds is 5. The molecule has 0 saturated heterocycles. The van der Waals surface area contributed by atoms with Crippen LogP contribution in [-0.2, 0) is 12.1 Å². The Bertz CT molecular complexity index is 1280. The molecule has 2 aromatic heterocycles. The van der Waals surface area contributed by atoms with E-state index in [1.165, 1.54) is 34.3 Å². The summed E-state index contributed by atoms with van der Waals surface area (Å²) in [5.41, 5.74) is -2.21. The predicted molar refractivity (Wildman–Crippen MR) is 106 cm³/mol. The number of halogens is 3. The van der Waals surface area contributed by atoms with Crippen LogP contribution in [0, 0.1) is 11.6 Å². The van der Waals surface area contributed by atoms with Crippen molar-refractivity contribution in [1.29, 1.82) is 0 Å². The van der Waals surface area contributed by atoms with Crippen molar-refractivity contribution >= 4 is 22.5 Å². The minimum absolute atomic E-state index is 0.185. The van der Waals surface area contributed by atoms with E-state index in [-0.39, 0.29) is 17.5 Å². The lowest BCUT2D eigenvalue weighted by molar-refractivity contribution is -0.0343. The molecule has 0 spiro atoms. The molecule has 1 N–H and O–H groups in total. The molecule has 0 fully saturated rings. The summed E-state index contributed by atoms with van der Waals surface area (Å²) < 4.78 is 30.7. The fourth-order valence-electron chi connectivity index (χ4n) is 3.46. The van der Waals surface area contributed by atoms with Gasteiger partial charge in [0.05, 0.1) is 29.8 Å². The zero-order valence-corrected chi connectivity index (χ0v) is 16.5. The average Bonchev–Trinajstić information content (AvgIpc) is 3.20. The second kappa shape index (κ2) is 7.58. The molecule has 0 aliphatic carbocycles. The Morgan fingerprint density at radius 2 is 2.00 bits per heavy atom. The van der Waals surface area contributed by atoms with Crippen molar-refractivity contribution in [2.45, 2.75) is 25.1 Å². The molecule has 0 aliphatic rings. The predicted octanol–water partition coefficient (Wildman–Crippen LogP) is 3.07. The van der Waals surface area contributed by atoms with Gasteiger partial charge in [-0.2, -0.15) is 5.10 Å². The lowest BCUT2D eigenvalue weighted by atomic mass is 9.86. The third-order valence-corrected chi connectivity index (χ3v) is 5.36. The second-order valence-electron chi connectivity index (χ2n) is 6.94. The monoisotopic (exact) mass is 431 g/mol. The Labute approximate surface area is 174 Å². The zero-order chi connectivity index (χ0) is 21.5. The Kier molecular flexibility index (Phi) is 5.08. The van der Waals surface area contributed by atoms with Crippen molar-refractivity contribution in [2.24, 2.45) is 0 Å². The van der Waals surface area contributed by atoms with Crippen LogP contribution in [0.3, 0.4) is 0 Å². The molecule has 0 saturated carbocycles. The molecule has 4 aromatic rings. The highest BCUT2D eigenvalue weighted by Crippen LogP contribution is 2.36. The fourth-order valence-corrected chi connectivity index (χ4v) is 3.62. The number of aliphatic hydroxyl groups is 1. The maximum absolute atomic E-state index is 14.7. The highest BCUT2D eigenvalue weighted by molar-refractivity contribution is 6.31. The molecule has 30 heavy (non-hydrogen) atoms. The molecular weight excluding hydrogens is 416 g/mol. The van der Waals surface area contributed by atoms with Crippen LogP contribution in [0.5, 0.6) is 0 Å². The van der Waals surface area contributed by atoms with Gasteiger partial charge in [0.1, 0.15) is 29.9 Å². The van der Waals surface area contributed by atoms with Gasteiger partial charge in [-0.05, 0) is 31.2 Å². The SMILES string of the molecule is C[C@@H](n1cnc2cc(Cl)ccc2c1=O)[C@@](O)(Cn1cncn1)c1ccc(F)cc1F. The van der Waals surface area contributed by atoms with E-state index in [9.17, 15) is 18.7 Å². The maximum atomic E-state index is 14.7. The summed E-state index contributed by atoms with van der Waals surface area (Å²) in [6.45, 7) is 1.31. The van der Waals surface area contributed by atoms with E-state index < -0.39 is 28.8 Å². The van der Waals surface area contributed by atoms with E-state index in [1.807, 2.05) is 0 Å². The van der Waals surface area contributed by atoms with Gasteiger partial charge in [-0.15, -0.1) is 0 Å². The van der Waals surface area contributed by atoms with Gasteiger partial charge in [-0.25, -0.2) is 23.4 Å². The zero-order valence-electron chi connectivity index (χ0n) is 15.7. The van der Waals surface area contributed by atoms with Gasteiger partial charge in [0, 0.05) is 16.7 Å². The lowest BCUT2D eigenvalue weighted by Crippen LogP contribution is -2.43. The van der Waals surface area contributed by atoms with Crippen LogP contribution < -0.4 is 5.56 Å². The minimum atomic E-state index is -1.98. The van der Waals surface area contributed by atoms with Gasteiger partial charge >= 0.3 is 0 Å². The number of benzene rings is 2. The van der Waals surface area contributed by atoms with Crippen LogP contribution in [0.15, 0.2) is 60.2 Å². The largest absolute Gasteiger partial charge is 0.381 e. The third-order valence-electron chi connectivity index (χ3n) is 5.12. The molecule has 0 unspecified atom stereocenters. The van der Waals surface area contributed by atoms with E-state index in [0.717, 1.165) is 12.1 Å². The molecule has 0 bridgehead atoms. The molecule has 2 heterocycles. The lowest BCUT2D eigenvalue weighted by Gasteiger charge is -2.35. The molecule has 2 aromatic carbocycles. The topological polar surface area (TPSA) is 85.8 Å². The van der Waals surface area contributed by atoms with Gasteiger partial charge < -0.3 is 5.11 Å². The van der Waals surface area contributed by atoms with E-state index >= 15 is 0 Å². The van der Waals surface area contributed by atoms with Crippen LogP contribution in [0.4, 0.5) is 8.78 Å². The highest BCUT2D eigenvalue weighted by Gasteiger charge is 2.41. The van der Waals surface area contributed by atoms with Crippen LogP contribution in [0.1, 0.15) is 18.5 Å². The molecule has 0 radical (unpaired) electrons. The summed E-state index contributed by atoms with van der Waals surface area (Å²) in [4.78, 5) is 21.2. The second-order valence-corrected chi connectivity index (χ2v) is 7.37. The van der Waals surface area contributed by atoms with Gasteiger partial charge in [0.2, 0.25) is 0 Å². The first-order valence-corrected chi connectivity index (χ1v) is 9.34. The summed E-state index contributed by atoms with van der Waals surface area (Å²) in [5.74, 6) is -1.73. The standard InChI is InChI=1S/C20H16ClF2N5O2/c1-12(28-11-25-18-6-13(21)2-4-15(18)19(28)29)20(30,8-27-10-24-9-26-27)16-5-3-14(22)7-17(16)23/h2-7,9-12,30H,8H2,1H3/t12-,20+/m1/s1. The van der Waals surface area contributed by atoms with Crippen LogP contribution in [0.2, 0.25) is 5.02 Å². The van der Waals surface area contributed by atoms with Crippen LogP contribution in [-0.4, -0.2) is 29.4 Å². The molecule has 0 aliphatic heterocycles. The van der Waals surface area contributed by atoms with Crippen LogP contribution >= 0.6 is 11.6 Å². The highest BCUT2D eigenvalue weighted by atomic mass is 35.5. The number of hydrogen-bond acceptors (Lipinski definition) is 5. The molecule has 4 rings (SSSR count). The van der Waals surface area contributed by atoms with Gasteiger partial charge in [-0.1, -0.05) is 17.7 Å². The normalized spacial score (nSPS) is 14.6. The van der Waals surface area contributed by atoms with Crippen molar-refractivity contribution in [3.63, 3.8) is 0 Å². The van der Waals surface area contributed by atoms with E-state index in [1.54, 1.807) is 19.1 Å². The molecular formula is C20H16ClF2N5O2.